The van der Waals surface area contributed by atoms with Crippen LogP contribution in [0, 0.1) is 0 Å². The molecule has 0 aromatic rings. The van der Waals surface area contributed by atoms with E-state index in [-0.39, 0.29) is 17.9 Å². The van der Waals surface area contributed by atoms with Crippen LogP contribution in [0.4, 0.5) is 0 Å². The molecule has 0 bridgehead atoms. The molecule has 4 nitrogen and oxygen atoms in total. The first-order valence-electron chi connectivity index (χ1n) is 5.90. The van der Waals surface area contributed by atoms with E-state index in [4.69, 9.17) is 0 Å². The molecule has 3 unspecified atom stereocenters. The second-order valence-electron chi connectivity index (χ2n) is 4.42. The quantitative estimate of drug-likeness (QED) is 0.711. The monoisotopic (exact) mass is 242 g/mol. The molecule has 1 aliphatic carbocycles. The maximum absolute atomic E-state index is 11.4. The van der Waals surface area contributed by atoms with Crippen LogP contribution in [0.2, 0.25) is 0 Å². The summed E-state index contributed by atoms with van der Waals surface area (Å²) in [7, 11) is 0. The van der Waals surface area contributed by atoms with Crippen molar-refractivity contribution in [3.8, 4) is 0 Å². The number of hydrogen-bond acceptors (Lipinski definition) is 4. The van der Waals surface area contributed by atoms with Crippen LogP contribution in [0.15, 0.2) is 0 Å². The molecule has 16 heavy (non-hydrogen) atoms. The molecule has 2 aliphatic rings. The minimum atomic E-state index is -0.289. The van der Waals surface area contributed by atoms with E-state index in [2.05, 4.69) is 17.6 Å². The molecule has 2 N–H and O–H groups in total. The van der Waals surface area contributed by atoms with Gasteiger partial charge in [-0.3, -0.25) is 14.9 Å². The number of hydrogen-bond donors (Lipinski definition) is 2. The molecule has 1 heterocycles. The SMILES string of the molecule is CCSC1CCC(NC2CC(=O)NC2=O)C1. The predicted molar refractivity (Wildman–Crippen MR) is 64.2 cm³/mol. The highest BCUT2D eigenvalue weighted by Crippen LogP contribution is 2.30. The molecule has 0 aromatic carbocycles. The Labute approximate surface area is 99.9 Å². The number of amides is 2. The summed E-state index contributed by atoms with van der Waals surface area (Å²) in [4.78, 5) is 22.4. The van der Waals surface area contributed by atoms with Crippen molar-refractivity contribution in [2.75, 3.05) is 5.75 Å². The predicted octanol–water partition coefficient (Wildman–Crippen LogP) is 0.665. The van der Waals surface area contributed by atoms with E-state index in [0.29, 0.717) is 12.5 Å². The van der Waals surface area contributed by atoms with Gasteiger partial charge in [0.1, 0.15) is 0 Å². The minimum Gasteiger partial charge on any atom is -0.303 e. The van der Waals surface area contributed by atoms with Gasteiger partial charge in [-0.15, -0.1) is 0 Å². The van der Waals surface area contributed by atoms with Gasteiger partial charge in [0, 0.05) is 11.3 Å². The van der Waals surface area contributed by atoms with E-state index in [9.17, 15) is 9.59 Å². The highest BCUT2D eigenvalue weighted by Gasteiger charge is 2.34. The smallest absolute Gasteiger partial charge is 0.244 e. The summed E-state index contributed by atoms with van der Waals surface area (Å²) in [5.41, 5.74) is 0. The van der Waals surface area contributed by atoms with Crippen LogP contribution in [0.5, 0.6) is 0 Å². The van der Waals surface area contributed by atoms with Crippen molar-refractivity contribution >= 4 is 23.6 Å². The van der Waals surface area contributed by atoms with Gasteiger partial charge >= 0.3 is 0 Å². The number of thioether (sulfide) groups is 1. The molecule has 90 valence electrons. The van der Waals surface area contributed by atoms with Crippen molar-refractivity contribution in [3.63, 3.8) is 0 Å². The van der Waals surface area contributed by atoms with Gasteiger partial charge in [-0.1, -0.05) is 6.92 Å². The third-order valence-corrected chi connectivity index (χ3v) is 4.43. The number of nitrogens with one attached hydrogen (secondary N) is 2. The fourth-order valence-electron chi connectivity index (χ4n) is 2.45. The van der Waals surface area contributed by atoms with Gasteiger partial charge in [0.25, 0.3) is 0 Å². The zero-order chi connectivity index (χ0) is 11.5. The van der Waals surface area contributed by atoms with Crippen LogP contribution in [0.1, 0.15) is 32.6 Å². The molecule has 0 spiro atoms. The van der Waals surface area contributed by atoms with Crippen molar-refractivity contribution in [1.82, 2.24) is 10.6 Å². The van der Waals surface area contributed by atoms with Crippen LogP contribution >= 0.6 is 11.8 Å². The summed E-state index contributed by atoms with van der Waals surface area (Å²) >= 11 is 1.99. The standard InChI is InChI=1S/C11H18N2O2S/c1-2-16-8-4-3-7(5-8)12-9-6-10(14)13-11(9)15/h7-9,12H,2-6H2,1H3,(H,13,14,15). The van der Waals surface area contributed by atoms with Crippen molar-refractivity contribution in [1.29, 1.82) is 0 Å². The van der Waals surface area contributed by atoms with Gasteiger partial charge in [-0.2, -0.15) is 11.8 Å². The summed E-state index contributed by atoms with van der Waals surface area (Å²) in [6, 6.07) is 0.119. The maximum atomic E-state index is 11.4. The Kier molecular flexibility index (Phi) is 3.86. The average Bonchev–Trinajstić information content (AvgIpc) is 2.76. The number of carbonyl (C=O) groups is 2. The molecule has 3 atom stereocenters. The van der Waals surface area contributed by atoms with Gasteiger partial charge in [0.15, 0.2) is 0 Å². The summed E-state index contributed by atoms with van der Waals surface area (Å²) in [5.74, 6) is 0.844. The molecule has 1 saturated heterocycles. The highest BCUT2D eigenvalue weighted by atomic mass is 32.2. The summed E-state index contributed by atoms with van der Waals surface area (Å²) in [6.07, 6.45) is 3.77. The maximum Gasteiger partial charge on any atom is 0.244 e. The van der Waals surface area contributed by atoms with E-state index in [1.54, 1.807) is 0 Å². The Morgan fingerprint density at radius 3 is 2.88 bits per heavy atom. The van der Waals surface area contributed by atoms with Crippen LogP contribution in [0.25, 0.3) is 0 Å². The van der Waals surface area contributed by atoms with E-state index in [1.165, 1.54) is 6.42 Å². The van der Waals surface area contributed by atoms with Gasteiger partial charge in [-0.05, 0) is 25.0 Å². The minimum absolute atomic E-state index is 0.153. The first-order chi connectivity index (χ1) is 7.69. The zero-order valence-electron chi connectivity index (χ0n) is 9.49. The molecular formula is C11H18N2O2S. The van der Waals surface area contributed by atoms with Crippen molar-refractivity contribution in [2.45, 2.75) is 49.9 Å². The van der Waals surface area contributed by atoms with Gasteiger partial charge < -0.3 is 5.32 Å². The van der Waals surface area contributed by atoms with Gasteiger partial charge in [0.2, 0.25) is 11.8 Å². The zero-order valence-corrected chi connectivity index (χ0v) is 10.3. The van der Waals surface area contributed by atoms with Crippen LogP contribution in [-0.4, -0.2) is 34.9 Å². The Bertz CT molecular complexity index is 296. The number of rotatable bonds is 4. The second kappa shape index (κ2) is 5.19. The third-order valence-electron chi connectivity index (χ3n) is 3.19. The first-order valence-corrected chi connectivity index (χ1v) is 6.95. The topological polar surface area (TPSA) is 58.2 Å². The fraction of sp³-hybridized carbons (Fsp3) is 0.818. The molecule has 2 rings (SSSR count). The fourth-order valence-corrected chi connectivity index (χ4v) is 3.59. The molecule has 5 heteroatoms. The summed E-state index contributed by atoms with van der Waals surface area (Å²) in [5, 5.41) is 6.36. The van der Waals surface area contributed by atoms with Crippen LogP contribution in [0.3, 0.4) is 0 Å². The molecule has 1 saturated carbocycles. The van der Waals surface area contributed by atoms with Crippen molar-refractivity contribution < 1.29 is 9.59 Å². The first kappa shape index (κ1) is 11.9. The molecular weight excluding hydrogens is 224 g/mol. The van der Waals surface area contributed by atoms with E-state index in [1.807, 2.05) is 11.8 Å². The average molecular weight is 242 g/mol. The van der Waals surface area contributed by atoms with E-state index in [0.717, 1.165) is 23.8 Å². The molecule has 2 fully saturated rings. The largest absolute Gasteiger partial charge is 0.303 e. The number of imide groups is 1. The lowest BCUT2D eigenvalue weighted by atomic mass is 10.2. The van der Waals surface area contributed by atoms with Gasteiger partial charge in [0.05, 0.1) is 12.5 Å². The van der Waals surface area contributed by atoms with Crippen molar-refractivity contribution in [3.05, 3.63) is 0 Å². The lowest BCUT2D eigenvalue weighted by Crippen LogP contribution is -2.41. The molecule has 0 aromatic heterocycles. The number of carbonyl (C=O) groups excluding carboxylic acids is 2. The van der Waals surface area contributed by atoms with Gasteiger partial charge in [-0.25, -0.2) is 0 Å². The molecule has 2 amide bonds. The Hall–Kier alpha value is -0.550. The molecule has 1 aliphatic heterocycles. The second-order valence-corrected chi connectivity index (χ2v) is 6.00. The Morgan fingerprint density at radius 2 is 2.25 bits per heavy atom. The van der Waals surface area contributed by atoms with Crippen LogP contribution < -0.4 is 10.6 Å². The van der Waals surface area contributed by atoms with E-state index < -0.39 is 0 Å². The normalized spacial score (nSPS) is 34.4. The highest BCUT2D eigenvalue weighted by molar-refractivity contribution is 7.99. The third kappa shape index (κ3) is 2.77. The summed E-state index contributed by atoms with van der Waals surface area (Å²) < 4.78 is 0. The lowest BCUT2D eigenvalue weighted by Gasteiger charge is -2.16. The lowest BCUT2D eigenvalue weighted by molar-refractivity contribution is -0.125. The Balaban J connectivity index is 1.78. The van der Waals surface area contributed by atoms with Crippen molar-refractivity contribution in [2.24, 2.45) is 0 Å². The summed E-state index contributed by atoms with van der Waals surface area (Å²) in [6.45, 7) is 2.18. The van der Waals surface area contributed by atoms with Crippen LogP contribution in [-0.2, 0) is 9.59 Å². The molecule has 0 radical (unpaired) electrons. The van der Waals surface area contributed by atoms with E-state index >= 15 is 0 Å². The Morgan fingerprint density at radius 1 is 1.44 bits per heavy atom.